The van der Waals surface area contributed by atoms with Crippen LogP contribution in [0.15, 0.2) is 42.5 Å². The van der Waals surface area contributed by atoms with Gasteiger partial charge in [-0.25, -0.2) is 4.79 Å². The van der Waals surface area contributed by atoms with Gasteiger partial charge in [0.25, 0.3) is 0 Å². The monoisotopic (exact) mass is 242 g/mol. The van der Waals surface area contributed by atoms with Gasteiger partial charge in [0.2, 0.25) is 0 Å². The Hall–Kier alpha value is -2.49. The van der Waals surface area contributed by atoms with Crippen molar-refractivity contribution in [3.05, 3.63) is 59.2 Å². The van der Waals surface area contributed by atoms with Crippen LogP contribution in [0.5, 0.6) is 11.5 Å². The van der Waals surface area contributed by atoms with Gasteiger partial charge >= 0.3 is 5.97 Å². The number of benzene rings is 2. The third-order valence-electron chi connectivity index (χ3n) is 2.98. The van der Waals surface area contributed by atoms with Gasteiger partial charge in [-0.1, -0.05) is 18.2 Å². The lowest BCUT2D eigenvalue weighted by atomic mass is 9.98. The maximum Gasteiger partial charge on any atom is 0.339 e. The number of carbonyl (C=O) groups is 1. The van der Waals surface area contributed by atoms with Crippen LogP contribution in [0.25, 0.3) is 0 Å². The average Bonchev–Trinajstić information content (AvgIpc) is 2.71. The Morgan fingerprint density at radius 1 is 1.00 bits per heavy atom. The summed E-state index contributed by atoms with van der Waals surface area (Å²) in [7, 11) is 0. The van der Waals surface area contributed by atoms with Crippen LogP contribution in [0.2, 0.25) is 0 Å². The summed E-state index contributed by atoms with van der Waals surface area (Å²) in [5.74, 6) is -0.413. The van der Waals surface area contributed by atoms with E-state index in [4.69, 9.17) is 4.74 Å². The number of esters is 1. The first-order valence-corrected chi connectivity index (χ1v) is 5.48. The van der Waals surface area contributed by atoms with Crippen LogP contribution in [0.3, 0.4) is 0 Å². The van der Waals surface area contributed by atoms with Crippen LogP contribution >= 0.6 is 0 Å². The first-order valence-electron chi connectivity index (χ1n) is 5.48. The molecule has 1 unspecified atom stereocenters. The average molecular weight is 242 g/mol. The standard InChI is InChI=1S/C14H10O4/c15-8-5-6-12(16)11(7-8)13-9-3-1-2-4-10(9)14(17)18-13/h1-7,13,15-16H. The third kappa shape index (κ3) is 1.50. The van der Waals surface area contributed by atoms with Gasteiger partial charge in [0.15, 0.2) is 6.10 Å². The molecule has 1 atom stereocenters. The number of phenols is 2. The molecule has 1 aliphatic rings. The second-order valence-electron chi connectivity index (χ2n) is 4.12. The number of hydrogen-bond donors (Lipinski definition) is 2. The van der Waals surface area contributed by atoms with Crippen LogP contribution in [-0.4, -0.2) is 16.2 Å². The first kappa shape index (κ1) is 10.7. The van der Waals surface area contributed by atoms with Crippen molar-refractivity contribution in [2.24, 2.45) is 0 Å². The topological polar surface area (TPSA) is 66.8 Å². The van der Waals surface area contributed by atoms with Crippen LogP contribution in [0, 0.1) is 0 Å². The molecule has 0 spiro atoms. The van der Waals surface area contributed by atoms with E-state index in [0.29, 0.717) is 16.7 Å². The summed E-state index contributed by atoms with van der Waals surface area (Å²) in [6.07, 6.45) is -0.666. The van der Waals surface area contributed by atoms with E-state index in [9.17, 15) is 15.0 Å². The van der Waals surface area contributed by atoms with Crippen molar-refractivity contribution in [3.63, 3.8) is 0 Å². The summed E-state index contributed by atoms with van der Waals surface area (Å²) >= 11 is 0. The smallest absolute Gasteiger partial charge is 0.339 e. The number of fused-ring (bicyclic) bond motifs is 1. The first-order chi connectivity index (χ1) is 8.66. The van der Waals surface area contributed by atoms with Crippen molar-refractivity contribution >= 4 is 5.97 Å². The van der Waals surface area contributed by atoms with Crippen molar-refractivity contribution < 1.29 is 19.7 Å². The van der Waals surface area contributed by atoms with Gasteiger partial charge in [-0.3, -0.25) is 0 Å². The highest BCUT2D eigenvalue weighted by Crippen LogP contribution is 2.40. The Morgan fingerprint density at radius 3 is 2.61 bits per heavy atom. The lowest BCUT2D eigenvalue weighted by Crippen LogP contribution is -2.00. The minimum Gasteiger partial charge on any atom is -0.508 e. The zero-order valence-corrected chi connectivity index (χ0v) is 9.33. The highest BCUT2D eigenvalue weighted by Gasteiger charge is 2.33. The Morgan fingerprint density at radius 2 is 1.78 bits per heavy atom. The van der Waals surface area contributed by atoms with E-state index in [0.717, 1.165) is 0 Å². The molecule has 0 aliphatic carbocycles. The van der Waals surface area contributed by atoms with Gasteiger partial charge in [0.1, 0.15) is 11.5 Å². The summed E-state index contributed by atoms with van der Waals surface area (Å²) in [5.41, 5.74) is 1.57. The molecule has 18 heavy (non-hydrogen) atoms. The van der Waals surface area contributed by atoms with Crippen molar-refractivity contribution in [2.45, 2.75) is 6.10 Å². The second-order valence-corrected chi connectivity index (χ2v) is 4.12. The minimum atomic E-state index is -0.666. The van der Waals surface area contributed by atoms with Crippen LogP contribution in [0.4, 0.5) is 0 Å². The number of rotatable bonds is 1. The van der Waals surface area contributed by atoms with E-state index >= 15 is 0 Å². The third-order valence-corrected chi connectivity index (χ3v) is 2.98. The number of hydrogen-bond acceptors (Lipinski definition) is 4. The highest BCUT2D eigenvalue weighted by atomic mass is 16.5. The van der Waals surface area contributed by atoms with Crippen molar-refractivity contribution in [1.82, 2.24) is 0 Å². The van der Waals surface area contributed by atoms with E-state index in [1.807, 2.05) is 0 Å². The molecule has 90 valence electrons. The van der Waals surface area contributed by atoms with Crippen molar-refractivity contribution in [3.8, 4) is 11.5 Å². The molecule has 0 radical (unpaired) electrons. The summed E-state index contributed by atoms with van der Waals surface area (Å²) in [4.78, 5) is 11.7. The lowest BCUT2D eigenvalue weighted by Gasteiger charge is -2.13. The molecule has 0 saturated carbocycles. The lowest BCUT2D eigenvalue weighted by molar-refractivity contribution is 0.0452. The zero-order valence-electron chi connectivity index (χ0n) is 9.33. The van der Waals surface area contributed by atoms with E-state index in [1.165, 1.54) is 18.2 Å². The minimum absolute atomic E-state index is 0.0118. The molecular formula is C14H10O4. The van der Waals surface area contributed by atoms with E-state index in [2.05, 4.69) is 0 Å². The highest BCUT2D eigenvalue weighted by molar-refractivity contribution is 5.94. The largest absolute Gasteiger partial charge is 0.508 e. The molecule has 3 rings (SSSR count). The Labute approximate surface area is 103 Å². The van der Waals surface area contributed by atoms with Crippen LogP contribution < -0.4 is 0 Å². The second kappa shape index (κ2) is 3.77. The van der Waals surface area contributed by atoms with Gasteiger partial charge < -0.3 is 14.9 Å². The SMILES string of the molecule is O=C1OC(c2cc(O)ccc2O)c2ccccc21. The summed E-state index contributed by atoms with van der Waals surface area (Å²) in [6, 6.07) is 11.2. The Balaban J connectivity index is 2.15. The maximum atomic E-state index is 11.7. The predicted molar refractivity (Wildman–Crippen MR) is 63.5 cm³/mol. The normalized spacial score (nSPS) is 17.3. The molecule has 1 aliphatic heterocycles. The molecule has 0 saturated heterocycles. The van der Waals surface area contributed by atoms with Gasteiger partial charge in [-0.05, 0) is 24.3 Å². The molecule has 2 aromatic carbocycles. The quantitative estimate of drug-likeness (QED) is 0.595. The van der Waals surface area contributed by atoms with E-state index < -0.39 is 12.1 Å². The summed E-state index contributed by atoms with van der Waals surface area (Å²) in [6.45, 7) is 0. The van der Waals surface area contributed by atoms with Gasteiger partial charge in [0.05, 0.1) is 5.56 Å². The molecule has 4 heteroatoms. The van der Waals surface area contributed by atoms with Gasteiger partial charge in [0, 0.05) is 11.1 Å². The van der Waals surface area contributed by atoms with Crippen molar-refractivity contribution in [1.29, 1.82) is 0 Å². The number of cyclic esters (lactones) is 1. The Kier molecular flexibility index (Phi) is 2.23. The van der Waals surface area contributed by atoms with Crippen LogP contribution in [-0.2, 0) is 4.74 Å². The molecule has 0 aromatic heterocycles. The number of aromatic hydroxyl groups is 2. The molecule has 2 N–H and O–H groups in total. The fraction of sp³-hybridized carbons (Fsp3) is 0.0714. The predicted octanol–water partition coefficient (Wildman–Crippen LogP) is 2.36. The maximum absolute atomic E-state index is 11.7. The fourth-order valence-electron chi connectivity index (χ4n) is 2.13. The number of phenolic OH excluding ortho intramolecular Hbond substituents is 2. The van der Waals surface area contributed by atoms with Gasteiger partial charge in [-0.15, -0.1) is 0 Å². The number of carbonyl (C=O) groups excluding carboxylic acids is 1. The van der Waals surface area contributed by atoms with Crippen LogP contribution in [0.1, 0.15) is 27.6 Å². The molecular weight excluding hydrogens is 232 g/mol. The molecule has 4 nitrogen and oxygen atoms in total. The molecule has 0 bridgehead atoms. The molecule has 0 amide bonds. The van der Waals surface area contributed by atoms with Crippen molar-refractivity contribution in [2.75, 3.05) is 0 Å². The van der Waals surface area contributed by atoms with E-state index in [1.54, 1.807) is 24.3 Å². The Bertz CT molecular complexity index is 633. The van der Waals surface area contributed by atoms with E-state index in [-0.39, 0.29) is 11.5 Å². The fourth-order valence-corrected chi connectivity index (χ4v) is 2.13. The molecule has 0 fully saturated rings. The molecule has 1 heterocycles. The zero-order chi connectivity index (χ0) is 12.7. The molecule has 2 aromatic rings. The summed E-state index contributed by atoms with van der Waals surface area (Å²) < 4.78 is 5.24. The summed E-state index contributed by atoms with van der Waals surface area (Å²) in [5, 5.41) is 19.3. The number of ether oxygens (including phenoxy) is 1. The van der Waals surface area contributed by atoms with Gasteiger partial charge in [-0.2, -0.15) is 0 Å².